The number of ether oxygens (including phenoxy) is 1. The molecule has 0 unspecified atom stereocenters. The minimum absolute atomic E-state index is 0.963. The minimum atomic E-state index is -1.47. The lowest BCUT2D eigenvalue weighted by Gasteiger charge is -2.25. The van der Waals surface area contributed by atoms with Crippen LogP contribution in [0, 0.1) is 6.92 Å². The lowest BCUT2D eigenvalue weighted by molar-refractivity contribution is -0.659. The molecule has 31 heavy (non-hydrogen) atoms. The fourth-order valence-electron chi connectivity index (χ4n) is 5.07. The van der Waals surface area contributed by atoms with Gasteiger partial charge in [0.2, 0.25) is 5.69 Å². The lowest BCUT2D eigenvalue weighted by atomic mass is 9.90. The smallest absolute Gasteiger partial charge is 0.228 e. The van der Waals surface area contributed by atoms with E-state index in [1.54, 1.807) is 0 Å². The number of aryl methyl sites for hydroxylation is 2. The van der Waals surface area contributed by atoms with Gasteiger partial charge in [-0.05, 0) is 51.6 Å². The average molecular weight is 421 g/mol. The van der Waals surface area contributed by atoms with Crippen molar-refractivity contribution in [3.63, 3.8) is 0 Å². The molecule has 1 aromatic heterocycles. The summed E-state index contributed by atoms with van der Waals surface area (Å²) in [5.74, 6) is 1.96. The second-order valence-corrected chi connectivity index (χ2v) is 14.9. The van der Waals surface area contributed by atoms with Gasteiger partial charge >= 0.3 is 0 Å². The summed E-state index contributed by atoms with van der Waals surface area (Å²) in [6.07, 6.45) is 2.19. The summed E-state index contributed by atoms with van der Waals surface area (Å²) in [6, 6.07) is 22.3. The van der Waals surface area contributed by atoms with Crippen LogP contribution in [0.2, 0.25) is 19.6 Å². The zero-order valence-corrected chi connectivity index (χ0v) is 19.7. The lowest BCUT2D eigenvalue weighted by Crippen LogP contribution is -2.38. The summed E-state index contributed by atoms with van der Waals surface area (Å²) in [5, 5.41) is 9.02. The van der Waals surface area contributed by atoms with Crippen molar-refractivity contribution in [2.45, 2.75) is 26.6 Å². The van der Waals surface area contributed by atoms with Crippen LogP contribution in [0.25, 0.3) is 43.6 Å². The molecule has 3 heteroatoms. The molecule has 6 rings (SSSR count). The highest BCUT2D eigenvalue weighted by molar-refractivity contribution is 6.88. The van der Waals surface area contributed by atoms with Crippen LogP contribution >= 0.6 is 0 Å². The van der Waals surface area contributed by atoms with E-state index in [1.807, 2.05) is 0 Å². The number of hydrogen-bond donors (Lipinski definition) is 0. The SMILES string of the molecule is Cc1c2c(cc3c1ccc1ccccc13)Oc1cc([Si](C)(C)C)cc3cc[n+](C)c-2c13. The number of pyridine rings is 1. The first-order valence-electron chi connectivity index (χ1n) is 10.9. The molecule has 0 aliphatic carbocycles. The number of fused-ring (bicyclic) bond motifs is 5. The number of aromatic nitrogens is 1. The normalized spacial score (nSPS) is 12.9. The van der Waals surface area contributed by atoms with Gasteiger partial charge in [-0.15, -0.1) is 0 Å². The first-order chi connectivity index (χ1) is 14.8. The Morgan fingerprint density at radius 1 is 0.774 bits per heavy atom. The van der Waals surface area contributed by atoms with E-state index in [-0.39, 0.29) is 0 Å². The maximum absolute atomic E-state index is 6.69. The van der Waals surface area contributed by atoms with Crippen molar-refractivity contribution in [3.8, 4) is 22.8 Å². The minimum Gasteiger partial charge on any atom is -0.456 e. The highest BCUT2D eigenvalue weighted by atomic mass is 28.3. The van der Waals surface area contributed by atoms with E-state index >= 15 is 0 Å². The molecular weight excluding hydrogens is 394 g/mol. The molecule has 0 atom stereocenters. The molecule has 1 aliphatic rings. The van der Waals surface area contributed by atoms with Gasteiger partial charge in [0.25, 0.3) is 0 Å². The van der Waals surface area contributed by atoms with Crippen LogP contribution < -0.4 is 14.5 Å². The van der Waals surface area contributed by atoms with Gasteiger partial charge in [0.15, 0.2) is 6.20 Å². The van der Waals surface area contributed by atoms with Crippen LogP contribution in [0.3, 0.4) is 0 Å². The van der Waals surface area contributed by atoms with Gasteiger partial charge in [-0.1, -0.05) is 67.3 Å². The summed E-state index contributed by atoms with van der Waals surface area (Å²) in [4.78, 5) is 0. The van der Waals surface area contributed by atoms with Crippen LogP contribution in [0.5, 0.6) is 11.5 Å². The van der Waals surface area contributed by atoms with E-state index in [0.717, 1.165) is 11.5 Å². The molecule has 0 N–H and O–H groups in total. The number of hydrogen-bond acceptors (Lipinski definition) is 1. The van der Waals surface area contributed by atoms with Gasteiger partial charge in [-0.25, -0.2) is 4.57 Å². The van der Waals surface area contributed by atoms with Crippen LogP contribution in [-0.4, -0.2) is 8.07 Å². The molecule has 4 aromatic carbocycles. The van der Waals surface area contributed by atoms with Crippen molar-refractivity contribution in [2.75, 3.05) is 0 Å². The molecule has 2 heterocycles. The Morgan fingerprint density at radius 2 is 1.58 bits per heavy atom. The fourth-order valence-corrected chi connectivity index (χ4v) is 6.23. The molecule has 0 amide bonds. The highest BCUT2D eigenvalue weighted by Gasteiger charge is 2.31. The first kappa shape index (κ1) is 18.6. The fraction of sp³-hybridized carbons (Fsp3) is 0.179. The molecule has 0 saturated carbocycles. The Hall–Kier alpha value is -3.17. The quantitative estimate of drug-likeness (QED) is 0.166. The molecule has 0 fully saturated rings. The van der Waals surface area contributed by atoms with E-state index in [4.69, 9.17) is 4.74 Å². The number of benzene rings is 4. The molecule has 2 nitrogen and oxygen atoms in total. The van der Waals surface area contributed by atoms with Crippen molar-refractivity contribution in [2.24, 2.45) is 7.05 Å². The predicted molar refractivity (Wildman–Crippen MR) is 133 cm³/mol. The Kier molecular flexibility index (Phi) is 3.70. The van der Waals surface area contributed by atoms with Crippen LogP contribution in [0.15, 0.2) is 66.9 Å². The topological polar surface area (TPSA) is 13.1 Å². The van der Waals surface area contributed by atoms with Gasteiger partial charge < -0.3 is 4.74 Å². The third-order valence-corrected chi connectivity index (χ3v) is 8.81. The van der Waals surface area contributed by atoms with Crippen molar-refractivity contribution in [3.05, 3.63) is 72.4 Å². The zero-order chi connectivity index (χ0) is 21.5. The van der Waals surface area contributed by atoms with Crippen molar-refractivity contribution in [1.29, 1.82) is 0 Å². The van der Waals surface area contributed by atoms with Crippen molar-refractivity contribution < 1.29 is 9.30 Å². The average Bonchev–Trinajstić information content (AvgIpc) is 2.74. The van der Waals surface area contributed by atoms with Crippen LogP contribution in [0.4, 0.5) is 0 Å². The summed E-state index contributed by atoms with van der Waals surface area (Å²) < 4.78 is 8.94. The van der Waals surface area contributed by atoms with Crippen molar-refractivity contribution >= 4 is 45.6 Å². The Bertz CT molecular complexity index is 1560. The summed E-state index contributed by atoms with van der Waals surface area (Å²) in [7, 11) is 0.669. The predicted octanol–water partition coefficient (Wildman–Crippen LogP) is 6.60. The Labute approximate surface area is 183 Å². The van der Waals surface area contributed by atoms with E-state index in [2.05, 4.69) is 105 Å². The van der Waals surface area contributed by atoms with Gasteiger partial charge in [0.1, 0.15) is 18.5 Å². The number of nitrogens with zero attached hydrogens (tertiary/aromatic N) is 1. The third-order valence-electron chi connectivity index (χ3n) is 6.79. The second-order valence-electron chi connectivity index (χ2n) is 9.82. The van der Waals surface area contributed by atoms with Crippen LogP contribution in [-0.2, 0) is 7.05 Å². The summed E-state index contributed by atoms with van der Waals surface area (Å²) in [5.41, 5.74) is 3.74. The molecular formula is C28H26NOSi+. The molecule has 5 aromatic rings. The third kappa shape index (κ3) is 2.59. The first-order valence-corrected chi connectivity index (χ1v) is 14.4. The molecule has 1 aliphatic heterocycles. The van der Waals surface area contributed by atoms with E-state index in [1.165, 1.54) is 54.3 Å². The number of rotatable bonds is 1. The maximum atomic E-state index is 6.69. The maximum Gasteiger partial charge on any atom is 0.228 e. The Balaban J connectivity index is 1.76. The highest BCUT2D eigenvalue weighted by Crippen LogP contribution is 2.48. The molecule has 0 radical (unpaired) electrons. The summed E-state index contributed by atoms with van der Waals surface area (Å²) in [6.45, 7) is 9.42. The molecule has 0 saturated heterocycles. The van der Waals surface area contributed by atoms with E-state index in [9.17, 15) is 0 Å². The van der Waals surface area contributed by atoms with Crippen molar-refractivity contribution in [1.82, 2.24) is 0 Å². The largest absolute Gasteiger partial charge is 0.456 e. The monoisotopic (exact) mass is 420 g/mol. The molecule has 152 valence electrons. The van der Waals surface area contributed by atoms with Gasteiger partial charge in [-0.3, -0.25) is 0 Å². The van der Waals surface area contributed by atoms with Gasteiger partial charge in [0.05, 0.1) is 19.0 Å². The van der Waals surface area contributed by atoms with Gasteiger partial charge in [0, 0.05) is 6.07 Å². The molecule has 0 bridgehead atoms. The second kappa shape index (κ2) is 6.18. The standard InChI is InChI=1S/C28H26NOSi/c1-17-21-11-10-18-8-6-7-9-22(18)23(21)16-25-26(17)28-27-19(12-13-29(28)2)14-20(31(3,4)5)15-24(27)30-25/h6-16H,1-5H3/q+1. The van der Waals surface area contributed by atoms with E-state index in [0.29, 0.717) is 0 Å². The van der Waals surface area contributed by atoms with Gasteiger partial charge in [-0.2, -0.15) is 0 Å². The van der Waals surface area contributed by atoms with E-state index < -0.39 is 8.07 Å². The zero-order valence-electron chi connectivity index (χ0n) is 18.7. The molecule has 0 spiro atoms. The van der Waals surface area contributed by atoms with Crippen LogP contribution in [0.1, 0.15) is 5.56 Å². The summed E-state index contributed by atoms with van der Waals surface area (Å²) >= 11 is 0. The Morgan fingerprint density at radius 3 is 2.39 bits per heavy atom.